The number of amides is 1. The third kappa shape index (κ3) is 3.10. The van der Waals surface area contributed by atoms with Crippen molar-refractivity contribution < 1.29 is 13.2 Å². The van der Waals surface area contributed by atoms with Gasteiger partial charge in [-0.25, -0.2) is 8.42 Å². The average molecular weight is 297 g/mol. The van der Waals surface area contributed by atoms with Crippen LogP contribution in [0.2, 0.25) is 0 Å². The van der Waals surface area contributed by atoms with E-state index >= 15 is 0 Å². The lowest BCUT2D eigenvalue weighted by Gasteiger charge is -2.24. The number of carbonyl (C=O) groups excluding carboxylic acids is 1. The van der Waals surface area contributed by atoms with Crippen LogP contribution in [0.1, 0.15) is 29.3 Å². The molecule has 0 aliphatic carbocycles. The van der Waals surface area contributed by atoms with Crippen molar-refractivity contribution in [3.63, 3.8) is 0 Å². The molecule has 1 aromatic rings. The highest BCUT2D eigenvalue weighted by Crippen LogP contribution is 2.24. The standard InChI is InChI=1S/C13H19N3O3S/c1-9-7-10(16-14)3-4-11(9)12(17)15-13(2)5-6-20(18,19)8-13/h3-4,7,16H,5-6,8,14H2,1-2H3,(H,15,17). The summed E-state index contributed by atoms with van der Waals surface area (Å²) < 4.78 is 23.1. The van der Waals surface area contributed by atoms with Crippen LogP contribution >= 0.6 is 0 Å². The number of rotatable bonds is 3. The van der Waals surface area contributed by atoms with E-state index < -0.39 is 15.4 Å². The number of hydrazine groups is 1. The molecule has 4 N–H and O–H groups in total. The molecule has 6 nitrogen and oxygen atoms in total. The molecule has 0 bridgehead atoms. The highest BCUT2D eigenvalue weighted by Gasteiger charge is 2.39. The van der Waals surface area contributed by atoms with Gasteiger partial charge in [0.1, 0.15) is 0 Å². The molecule has 1 heterocycles. The molecule has 1 saturated heterocycles. The minimum atomic E-state index is -3.04. The van der Waals surface area contributed by atoms with E-state index in [0.717, 1.165) is 5.56 Å². The minimum absolute atomic E-state index is 0.00672. The highest BCUT2D eigenvalue weighted by molar-refractivity contribution is 7.91. The van der Waals surface area contributed by atoms with Gasteiger partial charge in [-0.1, -0.05) is 0 Å². The van der Waals surface area contributed by atoms with Gasteiger partial charge in [-0.2, -0.15) is 0 Å². The molecule has 0 aromatic heterocycles. The van der Waals surface area contributed by atoms with Crippen molar-refractivity contribution >= 4 is 21.4 Å². The summed E-state index contributed by atoms with van der Waals surface area (Å²) in [6, 6.07) is 5.14. The smallest absolute Gasteiger partial charge is 0.252 e. The van der Waals surface area contributed by atoms with Crippen LogP contribution in [0.25, 0.3) is 0 Å². The van der Waals surface area contributed by atoms with Crippen LogP contribution in [0.15, 0.2) is 18.2 Å². The largest absolute Gasteiger partial charge is 0.346 e. The topological polar surface area (TPSA) is 101 Å². The van der Waals surface area contributed by atoms with Crippen molar-refractivity contribution in [3.8, 4) is 0 Å². The van der Waals surface area contributed by atoms with E-state index in [1.165, 1.54) is 0 Å². The minimum Gasteiger partial charge on any atom is -0.346 e. The molecule has 110 valence electrons. The Labute approximate surface area is 118 Å². The molecule has 0 saturated carbocycles. The highest BCUT2D eigenvalue weighted by atomic mass is 32.2. The van der Waals surface area contributed by atoms with E-state index in [1.807, 2.05) is 6.92 Å². The van der Waals surface area contributed by atoms with Gasteiger partial charge in [-0.05, 0) is 44.0 Å². The predicted octanol–water partition coefficient (Wildman–Crippen LogP) is 0.588. The zero-order valence-electron chi connectivity index (χ0n) is 11.6. The fourth-order valence-electron chi connectivity index (χ4n) is 2.46. The van der Waals surface area contributed by atoms with E-state index in [0.29, 0.717) is 17.7 Å². The Kier molecular flexibility index (Phi) is 3.75. The maximum absolute atomic E-state index is 12.3. The van der Waals surface area contributed by atoms with E-state index in [9.17, 15) is 13.2 Å². The molecule has 20 heavy (non-hydrogen) atoms. The summed E-state index contributed by atoms with van der Waals surface area (Å²) >= 11 is 0. The van der Waals surface area contributed by atoms with Gasteiger partial charge in [-0.15, -0.1) is 0 Å². The van der Waals surface area contributed by atoms with Gasteiger partial charge < -0.3 is 10.7 Å². The number of hydrogen-bond acceptors (Lipinski definition) is 5. The molecular formula is C13H19N3O3S. The van der Waals surface area contributed by atoms with Gasteiger partial charge in [0.2, 0.25) is 0 Å². The first-order valence-electron chi connectivity index (χ1n) is 6.35. The predicted molar refractivity (Wildman–Crippen MR) is 78.1 cm³/mol. The summed E-state index contributed by atoms with van der Waals surface area (Å²) in [5.41, 5.74) is 3.85. The lowest BCUT2D eigenvalue weighted by Crippen LogP contribution is -2.47. The molecule has 0 spiro atoms. The number of benzene rings is 1. The van der Waals surface area contributed by atoms with Crippen molar-refractivity contribution in [1.82, 2.24) is 5.32 Å². The van der Waals surface area contributed by atoms with E-state index in [2.05, 4.69) is 10.7 Å². The molecular weight excluding hydrogens is 278 g/mol. The normalized spacial score (nSPS) is 24.4. The number of sulfone groups is 1. The number of carbonyl (C=O) groups is 1. The van der Waals surface area contributed by atoms with Crippen LogP contribution in [0.5, 0.6) is 0 Å². The maximum Gasteiger partial charge on any atom is 0.252 e. The third-order valence-electron chi connectivity index (χ3n) is 3.56. The molecule has 1 unspecified atom stereocenters. The van der Waals surface area contributed by atoms with Gasteiger partial charge >= 0.3 is 0 Å². The van der Waals surface area contributed by atoms with Crippen LogP contribution in [0.3, 0.4) is 0 Å². The summed E-state index contributed by atoms with van der Waals surface area (Å²) in [6.45, 7) is 3.57. The first-order chi connectivity index (χ1) is 9.25. The number of nitrogen functional groups attached to an aromatic ring is 1. The molecule has 7 heteroatoms. The van der Waals surface area contributed by atoms with Crippen molar-refractivity contribution in [3.05, 3.63) is 29.3 Å². The van der Waals surface area contributed by atoms with Crippen LogP contribution < -0.4 is 16.6 Å². The quantitative estimate of drug-likeness (QED) is 0.560. The Morgan fingerprint density at radius 2 is 2.10 bits per heavy atom. The number of hydrogen-bond donors (Lipinski definition) is 3. The molecule has 1 fully saturated rings. The van der Waals surface area contributed by atoms with Crippen molar-refractivity contribution in [2.75, 3.05) is 16.9 Å². The Bertz CT molecular complexity index is 642. The Hall–Kier alpha value is -1.60. The summed E-state index contributed by atoms with van der Waals surface area (Å²) in [6.07, 6.45) is 0.447. The number of nitrogens with two attached hydrogens (primary N) is 1. The van der Waals surface area contributed by atoms with E-state index in [1.54, 1.807) is 25.1 Å². The van der Waals surface area contributed by atoms with Gasteiger partial charge in [-0.3, -0.25) is 10.6 Å². The SMILES string of the molecule is Cc1cc(NN)ccc1C(=O)NC1(C)CCS(=O)(=O)C1. The Morgan fingerprint density at radius 3 is 2.60 bits per heavy atom. The maximum atomic E-state index is 12.3. The molecule has 1 amide bonds. The van der Waals surface area contributed by atoms with Crippen LogP contribution in [-0.2, 0) is 9.84 Å². The van der Waals surface area contributed by atoms with Gasteiger partial charge in [0, 0.05) is 11.3 Å². The first-order valence-corrected chi connectivity index (χ1v) is 8.17. The second-order valence-corrected chi connectivity index (χ2v) is 7.71. The third-order valence-corrected chi connectivity index (χ3v) is 5.46. The van der Waals surface area contributed by atoms with Crippen LogP contribution in [0, 0.1) is 6.92 Å². The van der Waals surface area contributed by atoms with Crippen molar-refractivity contribution in [1.29, 1.82) is 0 Å². The number of nitrogens with one attached hydrogen (secondary N) is 2. The van der Waals surface area contributed by atoms with Crippen LogP contribution in [0.4, 0.5) is 5.69 Å². The molecule has 1 aromatic carbocycles. The summed E-state index contributed by atoms with van der Waals surface area (Å²) in [5, 5.41) is 2.84. The lowest BCUT2D eigenvalue weighted by molar-refractivity contribution is 0.0915. The average Bonchev–Trinajstić information content (AvgIpc) is 2.62. The number of anilines is 1. The summed E-state index contributed by atoms with van der Waals surface area (Å²) in [4.78, 5) is 12.3. The van der Waals surface area contributed by atoms with Gasteiger partial charge in [0.25, 0.3) is 5.91 Å². The Morgan fingerprint density at radius 1 is 1.40 bits per heavy atom. The molecule has 1 atom stereocenters. The van der Waals surface area contributed by atoms with Gasteiger partial charge in [0.05, 0.1) is 17.0 Å². The van der Waals surface area contributed by atoms with Crippen molar-refractivity contribution in [2.24, 2.45) is 5.84 Å². The fraction of sp³-hybridized carbons (Fsp3) is 0.462. The lowest BCUT2D eigenvalue weighted by atomic mass is 10.00. The molecule has 1 aliphatic heterocycles. The second-order valence-electron chi connectivity index (χ2n) is 5.53. The van der Waals surface area contributed by atoms with E-state index in [4.69, 9.17) is 5.84 Å². The van der Waals surface area contributed by atoms with Gasteiger partial charge in [0.15, 0.2) is 9.84 Å². The zero-order chi connectivity index (χ0) is 15.0. The fourth-order valence-corrected chi connectivity index (χ4v) is 4.55. The number of aryl methyl sites for hydroxylation is 1. The monoisotopic (exact) mass is 297 g/mol. The Balaban J connectivity index is 2.17. The summed E-state index contributed by atoms with van der Waals surface area (Å²) in [5.74, 6) is 5.17. The molecule has 0 radical (unpaired) electrons. The van der Waals surface area contributed by atoms with Crippen LogP contribution in [-0.4, -0.2) is 31.4 Å². The summed E-state index contributed by atoms with van der Waals surface area (Å²) in [7, 11) is -3.04. The van der Waals surface area contributed by atoms with Crippen molar-refractivity contribution in [2.45, 2.75) is 25.8 Å². The van der Waals surface area contributed by atoms with E-state index in [-0.39, 0.29) is 17.4 Å². The zero-order valence-corrected chi connectivity index (χ0v) is 12.4. The first kappa shape index (κ1) is 14.8. The second kappa shape index (κ2) is 5.06. The molecule has 2 rings (SSSR count). The molecule has 1 aliphatic rings.